The minimum absolute atomic E-state index is 0.0490. The first-order valence-corrected chi connectivity index (χ1v) is 10.1. The lowest BCUT2D eigenvalue weighted by Crippen LogP contribution is -2.46. The Kier molecular flexibility index (Phi) is 6.44. The second kappa shape index (κ2) is 8.82. The van der Waals surface area contributed by atoms with Gasteiger partial charge in [-0.2, -0.15) is 0 Å². The van der Waals surface area contributed by atoms with Gasteiger partial charge in [-0.1, -0.05) is 13.3 Å². The van der Waals surface area contributed by atoms with Gasteiger partial charge in [0.25, 0.3) is 0 Å². The van der Waals surface area contributed by atoms with Crippen molar-refractivity contribution in [1.29, 1.82) is 0 Å². The van der Waals surface area contributed by atoms with Crippen LogP contribution in [0.25, 0.3) is 0 Å². The van der Waals surface area contributed by atoms with Gasteiger partial charge in [-0.15, -0.1) is 0 Å². The Morgan fingerprint density at radius 3 is 2.71 bits per heavy atom. The largest absolute Gasteiger partial charge is 0.507 e. The summed E-state index contributed by atoms with van der Waals surface area (Å²) < 4.78 is 11.4. The summed E-state index contributed by atoms with van der Waals surface area (Å²) in [6, 6.07) is 3.42. The van der Waals surface area contributed by atoms with Gasteiger partial charge in [-0.05, 0) is 31.9 Å². The fraction of sp³-hybridized carbons (Fsp3) is 0.619. The molecule has 2 fully saturated rings. The number of phenols is 1. The molecule has 7 heteroatoms. The van der Waals surface area contributed by atoms with Crippen molar-refractivity contribution < 1.29 is 24.2 Å². The fourth-order valence-corrected chi connectivity index (χ4v) is 3.96. The van der Waals surface area contributed by atoms with Crippen molar-refractivity contribution in [2.45, 2.75) is 51.6 Å². The topological polar surface area (TPSA) is 88.1 Å². The van der Waals surface area contributed by atoms with Crippen LogP contribution >= 0.6 is 0 Å². The number of Topliss-reactive ketones (excluding diaryl/α,β-unsaturated/α-hetero) is 1. The normalized spacial score (nSPS) is 18.7. The van der Waals surface area contributed by atoms with Crippen LogP contribution in [-0.4, -0.2) is 60.3 Å². The second-order valence-corrected chi connectivity index (χ2v) is 7.71. The molecule has 2 N–H and O–H groups in total. The molecule has 0 atom stereocenters. The predicted molar refractivity (Wildman–Crippen MR) is 105 cm³/mol. The Hall–Kier alpha value is -2.28. The van der Waals surface area contributed by atoms with E-state index in [1.165, 1.54) is 6.92 Å². The first-order chi connectivity index (χ1) is 13.4. The number of rotatable bonds is 8. The summed E-state index contributed by atoms with van der Waals surface area (Å²) in [6.45, 7) is 7.38. The molecule has 0 unspecified atom stereocenters. The zero-order chi connectivity index (χ0) is 20.1. The molecule has 2 heterocycles. The van der Waals surface area contributed by atoms with Gasteiger partial charge in [0.15, 0.2) is 5.78 Å². The van der Waals surface area contributed by atoms with Gasteiger partial charge in [0.05, 0.1) is 18.7 Å². The monoisotopic (exact) mass is 390 g/mol. The fourth-order valence-electron chi connectivity index (χ4n) is 3.96. The van der Waals surface area contributed by atoms with E-state index in [2.05, 4.69) is 10.2 Å². The summed E-state index contributed by atoms with van der Waals surface area (Å²) in [6.07, 6.45) is 3.81. The third kappa shape index (κ3) is 4.58. The number of likely N-dealkylation sites (tertiary alicyclic amines) is 1. The van der Waals surface area contributed by atoms with E-state index in [0.717, 1.165) is 45.3 Å². The average molecular weight is 390 g/mol. The Balaban J connectivity index is 1.47. The quantitative estimate of drug-likeness (QED) is 0.524. The van der Waals surface area contributed by atoms with Gasteiger partial charge in [0, 0.05) is 38.0 Å². The maximum absolute atomic E-state index is 11.6. The van der Waals surface area contributed by atoms with E-state index < -0.39 is 0 Å². The number of aromatic hydroxyl groups is 1. The Labute approximate surface area is 166 Å². The van der Waals surface area contributed by atoms with Crippen molar-refractivity contribution in [3.63, 3.8) is 0 Å². The van der Waals surface area contributed by atoms with Crippen molar-refractivity contribution in [1.82, 2.24) is 10.2 Å². The van der Waals surface area contributed by atoms with Crippen molar-refractivity contribution >= 4 is 11.9 Å². The van der Waals surface area contributed by atoms with E-state index in [1.54, 1.807) is 12.1 Å². The third-order valence-electron chi connectivity index (χ3n) is 5.63. The minimum atomic E-state index is -0.310. The van der Waals surface area contributed by atoms with Gasteiger partial charge >= 0.3 is 6.09 Å². The van der Waals surface area contributed by atoms with Crippen LogP contribution in [-0.2, 0) is 11.2 Å². The van der Waals surface area contributed by atoms with Crippen molar-refractivity contribution in [2.75, 3.05) is 32.8 Å². The first kappa shape index (κ1) is 20.5. The highest BCUT2D eigenvalue weighted by Gasteiger charge is 2.42. The number of piperidine rings is 1. The molecule has 28 heavy (non-hydrogen) atoms. The molecule has 1 aromatic rings. The highest BCUT2D eigenvalue weighted by molar-refractivity contribution is 5.97. The number of amides is 1. The Bertz CT molecular complexity index is 726. The molecule has 154 valence electrons. The maximum Gasteiger partial charge on any atom is 0.407 e. The molecule has 1 aromatic carbocycles. The van der Waals surface area contributed by atoms with Crippen LogP contribution in [0.1, 0.15) is 55.5 Å². The molecule has 7 nitrogen and oxygen atoms in total. The molecule has 2 saturated heterocycles. The van der Waals surface area contributed by atoms with Crippen LogP contribution in [0.4, 0.5) is 4.79 Å². The van der Waals surface area contributed by atoms with Crippen molar-refractivity contribution in [3.05, 3.63) is 23.3 Å². The number of hydrogen-bond donors (Lipinski definition) is 2. The van der Waals surface area contributed by atoms with E-state index in [0.29, 0.717) is 36.4 Å². The number of hydrogen-bond acceptors (Lipinski definition) is 6. The van der Waals surface area contributed by atoms with Crippen LogP contribution in [0.2, 0.25) is 0 Å². The number of carbonyl (C=O) groups excluding carboxylic acids is 2. The van der Waals surface area contributed by atoms with E-state index in [-0.39, 0.29) is 23.2 Å². The lowest BCUT2D eigenvalue weighted by Gasteiger charge is -2.37. The van der Waals surface area contributed by atoms with Crippen LogP contribution in [0.15, 0.2) is 12.1 Å². The second-order valence-electron chi connectivity index (χ2n) is 7.71. The number of alkyl carbamates (subject to hydrolysis) is 1. The Morgan fingerprint density at radius 2 is 2.11 bits per heavy atom. The first-order valence-electron chi connectivity index (χ1n) is 10.1. The molecule has 3 rings (SSSR count). The summed E-state index contributed by atoms with van der Waals surface area (Å²) >= 11 is 0. The van der Waals surface area contributed by atoms with Crippen LogP contribution in [0.3, 0.4) is 0 Å². The van der Waals surface area contributed by atoms with Crippen LogP contribution in [0, 0.1) is 0 Å². The van der Waals surface area contributed by atoms with Crippen LogP contribution in [0.5, 0.6) is 11.5 Å². The number of ether oxygens (including phenoxy) is 2. The highest BCUT2D eigenvalue weighted by Crippen LogP contribution is 2.33. The van der Waals surface area contributed by atoms with Gasteiger partial charge in [-0.25, -0.2) is 4.79 Å². The molecule has 0 radical (unpaired) electrons. The average Bonchev–Trinajstić information content (AvgIpc) is 3.03. The number of nitrogens with zero attached hydrogens (tertiary/aromatic N) is 1. The summed E-state index contributed by atoms with van der Waals surface area (Å²) in [4.78, 5) is 25.3. The van der Waals surface area contributed by atoms with Gasteiger partial charge in [0.1, 0.15) is 17.1 Å². The van der Waals surface area contributed by atoms with E-state index in [4.69, 9.17) is 9.47 Å². The summed E-state index contributed by atoms with van der Waals surface area (Å²) in [5.74, 6) is 0.561. The zero-order valence-electron chi connectivity index (χ0n) is 16.8. The number of carbonyl (C=O) groups is 2. The van der Waals surface area contributed by atoms with Crippen molar-refractivity contribution in [2.24, 2.45) is 0 Å². The lowest BCUT2D eigenvalue weighted by molar-refractivity contribution is 0.000138. The zero-order valence-corrected chi connectivity index (χ0v) is 16.8. The molecule has 1 spiro atoms. The number of phenolic OH excluding ortho intramolecular Hbond substituents is 1. The summed E-state index contributed by atoms with van der Waals surface area (Å²) in [5, 5.41) is 13.2. The van der Waals surface area contributed by atoms with Gasteiger partial charge < -0.3 is 24.8 Å². The maximum atomic E-state index is 11.6. The summed E-state index contributed by atoms with van der Waals surface area (Å²) in [5.41, 5.74) is 0.751. The minimum Gasteiger partial charge on any atom is -0.507 e. The number of ketones is 1. The SMILES string of the molecule is CCCc1c(OCCCN2CCC3(CC2)CNC(=O)O3)ccc(C(C)=O)c1O. The molecular formula is C21H30N2O5. The van der Waals surface area contributed by atoms with Gasteiger partial charge in [0.2, 0.25) is 0 Å². The van der Waals surface area contributed by atoms with Crippen LogP contribution < -0.4 is 10.1 Å². The molecule has 0 aromatic heterocycles. The van der Waals surface area contributed by atoms with E-state index >= 15 is 0 Å². The molecule has 0 bridgehead atoms. The molecular weight excluding hydrogens is 360 g/mol. The molecule has 2 aliphatic rings. The standard InChI is InChI=1S/C21H30N2O5/c1-3-5-17-18(7-6-16(15(2)24)19(17)25)27-13-4-10-23-11-8-21(9-12-23)14-22-20(26)28-21/h6-7,25H,3-5,8-14H2,1-2H3,(H,22,26). The predicted octanol–water partition coefficient (Wildman–Crippen LogP) is 2.89. The van der Waals surface area contributed by atoms with Crippen molar-refractivity contribution in [3.8, 4) is 11.5 Å². The molecule has 0 saturated carbocycles. The smallest absolute Gasteiger partial charge is 0.407 e. The number of nitrogens with one attached hydrogen (secondary N) is 1. The van der Waals surface area contributed by atoms with E-state index in [1.807, 2.05) is 6.92 Å². The molecule has 2 aliphatic heterocycles. The lowest BCUT2D eigenvalue weighted by atomic mass is 9.91. The molecule has 1 amide bonds. The van der Waals surface area contributed by atoms with E-state index in [9.17, 15) is 14.7 Å². The highest BCUT2D eigenvalue weighted by atomic mass is 16.6. The summed E-state index contributed by atoms with van der Waals surface area (Å²) in [7, 11) is 0. The molecule has 0 aliphatic carbocycles. The Morgan fingerprint density at radius 1 is 1.36 bits per heavy atom. The van der Waals surface area contributed by atoms with Gasteiger partial charge in [-0.3, -0.25) is 4.79 Å². The number of benzene rings is 1. The third-order valence-corrected chi connectivity index (χ3v) is 5.63.